The second-order valence-corrected chi connectivity index (χ2v) is 2.84. The zero-order valence-electron chi connectivity index (χ0n) is 9.50. The Morgan fingerprint density at radius 2 is 2.07 bits per heavy atom. The molecule has 1 heterocycles. The van der Waals surface area contributed by atoms with Gasteiger partial charge in [-0.25, -0.2) is 9.78 Å². The number of halogens is 1. The third-order valence-electron chi connectivity index (χ3n) is 1.67. The van der Waals surface area contributed by atoms with Crippen LogP contribution in [0.15, 0.2) is 12.1 Å². The van der Waals surface area contributed by atoms with E-state index in [1.54, 1.807) is 12.1 Å². The molecule has 15 heavy (non-hydrogen) atoms. The molecule has 0 N–H and O–H groups in total. The number of methoxy groups -OCH3 is 1. The van der Waals surface area contributed by atoms with Crippen LogP contribution in [0.4, 0.5) is 0 Å². The van der Waals surface area contributed by atoms with Crippen molar-refractivity contribution in [1.82, 2.24) is 4.98 Å². The smallest absolute Gasteiger partial charge is 0.341 e. The van der Waals surface area contributed by atoms with E-state index in [9.17, 15) is 4.79 Å². The Hall–Kier alpha value is -1.09. The van der Waals surface area contributed by atoms with Crippen molar-refractivity contribution in [3.63, 3.8) is 0 Å². The monoisotopic (exact) mass is 229 g/mol. The van der Waals surface area contributed by atoms with Gasteiger partial charge in [0.1, 0.15) is 5.15 Å². The summed E-state index contributed by atoms with van der Waals surface area (Å²) in [5.41, 5.74) is 1.17. The Balaban J connectivity index is 0.000000921. The van der Waals surface area contributed by atoms with E-state index in [1.807, 2.05) is 20.8 Å². The van der Waals surface area contributed by atoms with Crippen LogP contribution in [0.25, 0.3) is 0 Å². The van der Waals surface area contributed by atoms with Gasteiger partial charge in [-0.2, -0.15) is 0 Å². The summed E-state index contributed by atoms with van der Waals surface area (Å²) in [7, 11) is 1.31. The molecule has 0 fully saturated rings. The maximum absolute atomic E-state index is 11.1. The molecule has 0 unspecified atom stereocenters. The van der Waals surface area contributed by atoms with Crippen molar-refractivity contribution in [2.24, 2.45) is 0 Å². The van der Waals surface area contributed by atoms with E-state index >= 15 is 0 Å². The number of ether oxygens (including phenoxy) is 1. The van der Waals surface area contributed by atoms with Gasteiger partial charge in [-0.3, -0.25) is 0 Å². The molecule has 0 saturated heterocycles. The molecule has 4 heteroatoms. The maximum Gasteiger partial charge on any atom is 0.341 e. The molecule has 1 aromatic rings. The summed E-state index contributed by atoms with van der Waals surface area (Å²) in [6.45, 7) is 5.97. The number of aromatic nitrogens is 1. The van der Waals surface area contributed by atoms with E-state index in [1.165, 1.54) is 7.11 Å². The number of pyridine rings is 1. The first-order valence-corrected chi connectivity index (χ1v) is 5.30. The van der Waals surface area contributed by atoms with Crippen molar-refractivity contribution in [3.05, 3.63) is 28.5 Å². The van der Waals surface area contributed by atoms with Gasteiger partial charge in [0, 0.05) is 5.69 Å². The highest BCUT2D eigenvalue weighted by Gasteiger charge is 2.11. The van der Waals surface area contributed by atoms with Gasteiger partial charge >= 0.3 is 5.97 Å². The van der Waals surface area contributed by atoms with Crippen LogP contribution in [-0.4, -0.2) is 18.1 Å². The number of esters is 1. The summed E-state index contributed by atoms with van der Waals surface area (Å²) in [4.78, 5) is 15.1. The number of carbonyl (C=O) groups excluding carboxylic acids is 1. The predicted octanol–water partition coefficient (Wildman–Crippen LogP) is 3.11. The third kappa shape index (κ3) is 3.88. The van der Waals surface area contributed by atoms with Gasteiger partial charge in [0.05, 0.1) is 12.7 Å². The number of rotatable bonds is 2. The quantitative estimate of drug-likeness (QED) is 0.578. The molecule has 0 aliphatic carbocycles. The largest absolute Gasteiger partial charge is 0.465 e. The lowest BCUT2D eigenvalue weighted by atomic mass is 10.2. The third-order valence-corrected chi connectivity index (χ3v) is 1.96. The maximum atomic E-state index is 11.1. The highest BCUT2D eigenvalue weighted by Crippen LogP contribution is 2.14. The average Bonchev–Trinajstić information content (AvgIpc) is 2.30. The van der Waals surface area contributed by atoms with Gasteiger partial charge in [0.2, 0.25) is 0 Å². The summed E-state index contributed by atoms with van der Waals surface area (Å²) in [5, 5.41) is 0.200. The summed E-state index contributed by atoms with van der Waals surface area (Å²) in [6.07, 6.45) is 0.793. The lowest BCUT2D eigenvalue weighted by molar-refractivity contribution is 0.0600. The lowest BCUT2D eigenvalue weighted by Gasteiger charge is -2.02. The topological polar surface area (TPSA) is 39.2 Å². The summed E-state index contributed by atoms with van der Waals surface area (Å²) >= 11 is 5.77. The van der Waals surface area contributed by atoms with Crippen molar-refractivity contribution in [2.45, 2.75) is 27.2 Å². The van der Waals surface area contributed by atoms with Crippen LogP contribution in [0.1, 0.15) is 36.8 Å². The molecule has 1 aromatic heterocycles. The van der Waals surface area contributed by atoms with Crippen molar-refractivity contribution in [1.29, 1.82) is 0 Å². The van der Waals surface area contributed by atoms with E-state index in [2.05, 4.69) is 9.72 Å². The molecule has 0 spiro atoms. The molecule has 3 nitrogen and oxygen atoms in total. The van der Waals surface area contributed by atoms with Crippen molar-refractivity contribution in [2.75, 3.05) is 7.11 Å². The molecule has 1 rings (SSSR count). The van der Waals surface area contributed by atoms with E-state index in [4.69, 9.17) is 11.6 Å². The molecular formula is C11H16ClNO2. The minimum atomic E-state index is -0.458. The molecule has 0 atom stereocenters. The fourth-order valence-corrected chi connectivity index (χ4v) is 1.18. The average molecular weight is 230 g/mol. The van der Waals surface area contributed by atoms with Crippen LogP contribution in [0, 0.1) is 0 Å². The van der Waals surface area contributed by atoms with Crippen LogP contribution in [-0.2, 0) is 11.2 Å². The molecule has 0 aliphatic heterocycles. The Morgan fingerprint density at radius 1 is 1.47 bits per heavy atom. The second kappa shape index (κ2) is 7.23. The minimum Gasteiger partial charge on any atom is -0.465 e. The molecule has 84 valence electrons. The normalized spacial score (nSPS) is 8.87. The van der Waals surface area contributed by atoms with Crippen molar-refractivity contribution in [3.8, 4) is 0 Å². The number of carbonyl (C=O) groups is 1. The van der Waals surface area contributed by atoms with Gasteiger partial charge in [-0.15, -0.1) is 0 Å². The van der Waals surface area contributed by atoms with Crippen LogP contribution < -0.4 is 0 Å². The predicted molar refractivity (Wildman–Crippen MR) is 61.3 cm³/mol. The Bertz CT molecular complexity index is 326. The van der Waals surface area contributed by atoms with Crippen LogP contribution in [0.3, 0.4) is 0 Å². The second-order valence-electron chi connectivity index (χ2n) is 2.49. The first-order chi connectivity index (χ1) is 7.19. The fourth-order valence-electron chi connectivity index (χ4n) is 0.931. The molecule has 0 aromatic carbocycles. The molecule has 0 radical (unpaired) electrons. The molecular weight excluding hydrogens is 214 g/mol. The Labute approximate surface area is 95.4 Å². The van der Waals surface area contributed by atoms with Gasteiger partial charge in [0.15, 0.2) is 0 Å². The van der Waals surface area contributed by atoms with Crippen molar-refractivity contribution >= 4 is 17.6 Å². The standard InChI is InChI=1S/C9H10ClNO2.C2H6/c1-3-6-4-5-7(8(10)11-6)9(12)13-2;1-2/h4-5H,3H2,1-2H3;1-2H3. The van der Waals surface area contributed by atoms with E-state index in [-0.39, 0.29) is 5.15 Å². The SMILES string of the molecule is CC.CCc1ccc(C(=O)OC)c(Cl)n1. The molecule has 0 aliphatic rings. The first kappa shape index (κ1) is 13.9. The molecule has 0 amide bonds. The first-order valence-electron chi connectivity index (χ1n) is 4.92. The highest BCUT2D eigenvalue weighted by molar-refractivity contribution is 6.32. The van der Waals surface area contributed by atoms with Gasteiger partial charge in [0.25, 0.3) is 0 Å². The zero-order chi connectivity index (χ0) is 11.8. The number of aryl methyl sites for hydroxylation is 1. The Kier molecular flexibility index (Phi) is 6.71. The summed E-state index contributed by atoms with van der Waals surface area (Å²) in [5.74, 6) is -0.458. The van der Waals surface area contributed by atoms with Crippen LogP contribution >= 0.6 is 11.6 Å². The highest BCUT2D eigenvalue weighted by atomic mass is 35.5. The zero-order valence-corrected chi connectivity index (χ0v) is 10.3. The fraction of sp³-hybridized carbons (Fsp3) is 0.455. The van der Waals surface area contributed by atoms with Crippen LogP contribution in [0.5, 0.6) is 0 Å². The van der Waals surface area contributed by atoms with Crippen LogP contribution in [0.2, 0.25) is 5.15 Å². The van der Waals surface area contributed by atoms with Gasteiger partial charge in [-0.05, 0) is 18.6 Å². The Morgan fingerprint density at radius 3 is 2.47 bits per heavy atom. The van der Waals surface area contributed by atoms with E-state index in [0.717, 1.165) is 12.1 Å². The van der Waals surface area contributed by atoms with E-state index in [0.29, 0.717) is 5.56 Å². The molecule has 0 bridgehead atoms. The number of nitrogens with zero attached hydrogens (tertiary/aromatic N) is 1. The number of hydrogen-bond acceptors (Lipinski definition) is 3. The summed E-state index contributed by atoms with van der Waals surface area (Å²) < 4.78 is 4.53. The summed E-state index contributed by atoms with van der Waals surface area (Å²) in [6, 6.07) is 3.39. The van der Waals surface area contributed by atoms with Gasteiger partial charge < -0.3 is 4.74 Å². The van der Waals surface area contributed by atoms with Gasteiger partial charge in [-0.1, -0.05) is 32.4 Å². The number of hydrogen-bond donors (Lipinski definition) is 0. The minimum absolute atomic E-state index is 0.200. The van der Waals surface area contributed by atoms with E-state index < -0.39 is 5.97 Å². The molecule has 0 saturated carbocycles. The van der Waals surface area contributed by atoms with Crippen molar-refractivity contribution < 1.29 is 9.53 Å². The lowest BCUT2D eigenvalue weighted by Crippen LogP contribution is -2.04.